The lowest BCUT2D eigenvalue weighted by Gasteiger charge is -2.31. The lowest BCUT2D eigenvalue weighted by Crippen LogP contribution is -2.40. The number of carbonyl (C=O) groups is 1. The first-order chi connectivity index (χ1) is 10.1. The zero-order valence-corrected chi connectivity index (χ0v) is 12.9. The van der Waals surface area contributed by atoms with Crippen molar-refractivity contribution in [1.82, 2.24) is 4.90 Å². The zero-order valence-electron chi connectivity index (χ0n) is 12.1. The van der Waals surface area contributed by atoms with Crippen LogP contribution in [0.2, 0.25) is 0 Å². The summed E-state index contributed by atoms with van der Waals surface area (Å²) in [5.74, 6) is 0.199. The normalized spacial score (nSPS) is 19.1. The summed E-state index contributed by atoms with van der Waals surface area (Å²) < 4.78 is 1.05. The van der Waals surface area contributed by atoms with Crippen LogP contribution in [0.1, 0.15) is 28.1 Å². The molecule has 1 fully saturated rings. The number of thiophene rings is 1. The van der Waals surface area contributed by atoms with E-state index in [-0.39, 0.29) is 18.4 Å². The van der Waals surface area contributed by atoms with E-state index in [1.807, 2.05) is 30.0 Å². The SMILES string of the molecule is Cc1ccc2sc(C(=O)N3CCCC(CO)C3)c(N)c2c1. The van der Waals surface area contributed by atoms with Crippen molar-refractivity contribution in [2.75, 3.05) is 25.4 Å². The Labute approximate surface area is 128 Å². The standard InChI is InChI=1S/C16H20N2O2S/c1-10-4-5-13-12(7-10)14(17)15(21-13)16(20)18-6-2-3-11(8-18)9-19/h4-5,7,11,19H,2-3,6,8-9,17H2,1H3. The summed E-state index contributed by atoms with van der Waals surface area (Å²) in [6, 6.07) is 6.09. The van der Waals surface area contributed by atoms with Gasteiger partial charge in [-0.3, -0.25) is 4.79 Å². The van der Waals surface area contributed by atoms with Gasteiger partial charge in [-0.15, -0.1) is 11.3 Å². The highest BCUT2D eigenvalue weighted by Gasteiger charge is 2.27. The Hall–Kier alpha value is -1.59. The third-order valence-electron chi connectivity index (χ3n) is 4.14. The predicted octanol–water partition coefficient (Wildman–Crippen LogP) is 2.64. The lowest BCUT2D eigenvalue weighted by atomic mass is 9.99. The van der Waals surface area contributed by atoms with Gasteiger partial charge in [-0.1, -0.05) is 11.6 Å². The molecule has 1 atom stereocenters. The molecule has 1 aromatic carbocycles. The van der Waals surface area contributed by atoms with Gasteiger partial charge in [-0.05, 0) is 37.8 Å². The summed E-state index contributed by atoms with van der Waals surface area (Å²) in [6.07, 6.45) is 1.93. The van der Waals surface area contributed by atoms with Gasteiger partial charge in [0, 0.05) is 29.8 Å². The molecule has 21 heavy (non-hydrogen) atoms. The monoisotopic (exact) mass is 304 g/mol. The third-order valence-corrected chi connectivity index (χ3v) is 5.32. The maximum Gasteiger partial charge on any atom is 0.266 e. The maximum atomic E-state index is 12.7. The molecule has 112 valence electrons. The Bertz CT molecular complexity index is 680. The molecule has 3 N–H and O–H groups in total. The number of aliphatic hydroxyl groups excluding tert-OH is 1. The summed E-state index contributed by atoms with van der Waals surface area (Å²) >= 11 is 1.46. The number of likely N-dealkylation sites (tertiary alicyclic amines) is 1. The first-order valence-electron chi connectivity index (χ1n) is 7.29. The van der Waals surface area contributed by atoms with Crippen molar-refractivity contribution in [2.45, 2.75) is 19.8 Å². The third kappa shape index (κ3) is 2.63. The van der Waals surface area contributed by atoms with Gasteiger partial charge in [0.25, 0.3) is 5.91 Å². The number of nitrogens with zero attached hydrogens (tertiary/aromatic N) is 1. The minimum absolute atomic E-state index is 0.00417. The van der Waals surface area contributed by atoms with Gasteiger partial charge in [0.2, 0.25) is 0 Å². The fraction of sp³-hybridized carbons (Fsp3) is 0.438. The van der Waals surface area contributed by atoms with E-state index in [2.05, 4.69) is 0 Å². The van der Waals surface area contributed by atoms with E-state index in [9.17, 15) is 9.90 Å². The van der Waals surface area contributed by atoms with Crippen molar-refractivity contribution in [3.8, 4) is 0 Å². The molecule has 1 amide bonds. The second-order valence-electron chi connectivity index (χ2n) is 5.79. The van der Waals surface area contributed by atoms with Crippen molar-refractivity contribution in [3.05, 3.63) is 28.6 Å². The molecule has 2 heterocycles. The van der Waals surface area contributed by atoms with Crippen molar-refractivity contribution in [1.29, 1.82) is 0 Å². The van der Waals surface area contributed by atoms with E-state index in [4.69, 9.17) is 5.73 Å². The number of aryl methyl sites for hydroxylation is 1. The van der Waals surface area contributed by atoms with Crippen LogP contribution in [0.15, 0.2) is 18.2 Å². The molecule has 1 unspecified atom stereocenters. The number of carbonyl (C=O) groups excluding carboxylic acids is 1. The Morgan fingerprint density at radius 2 is 2.33 bits per heavy atom. The topological polar surface area (TPSA) is 66.6 Å². The molecule has 0 radical (unpaired) electrons. The number of nitrogen functional groups attached to an aromatic ring is 1. The number of fused-ring (bicyclic) bond motifs is 1. The number of benzene rings is 1. The van der Waals surface area contributed by atoms with Gasteiger partial charge in [-0.2, -0.15) is 0 Å². The van der Waals surface area contributed by atoms with E-state index >= 15 is 0 Å². The van der Waals surface area contributed by atoms with Gasteiger partial charge in [-0.25, -0.2) is 0 Å². The van der Waals surface area contributed by atoms with E-state index in [0.717, 1.165) is 35.0 Å². The lowest BCUT2D eigenvalue weighted by molar-refractivity contribution is 0.0626. The Kier molecular flexibility index (Phi) is 3.87. The highest BCUT2D eigenvalue weighted by atomic mass is 32.1. The minimum Gasteiger partial charge on any atom is -0.397 e. The number of piperidine rings is 1. The molecule has 1 saturated heterocycles. The smallest absolute Gasteiger partial charge is 0.266 e. The Morgan fingerprint density at radius 1 is 1.52 bits per heavy atom. The first-order valence-corrected chi connectivity index (χ1v) is 8.10. The van der Waals surface area contributed by atoms with Crippen LogP contribution >= 0.6 is 11.3 Å². The largest absolute Gasteiger partial charge is 0.397 e. The highest BCUT2D eigenvalue weighted by Crippen LogP contribution is 2.35. The highest BCUT2D eigenvalue weighted by molar-refractivity contribution is 7.21. The molecule has 3 rings (SSSR count). The molecule has 1 aliphatic heterocycles. The molecular formula is C16H20N2O2S. The van der Waals surface area contributed by atoms with Crippen LogP contribution in [0.25, 0.3) is 10.1 Å². The summed E-state index contributed by atoms with van der Waals surface area (Å²) in [5.41, 5.74) is 7.93. The molecule has 2 aromatic rings. The molecule has 0 spiro atoms. The average Bonchev–Trinajstić information content (AvgIpc) is 2.83. The fourth-order valence-corrected chi connectivity index (χ4v) is 4.00. The molecule has 0 bridgehead atoms. The van der Waals surface area contributed by atoms with E-state index in [1.165, 1.54) is 11.3 Å². The van der Waals surface area contributed by atoms with E-state index in [0.29, 0.717) is 17.1 Å². The quantitative estimate of drug-likeness (QED) is 0.896. The summed E-state index contributed by atoms with van der Waals surface area (Å²) in [4.78, 5) is 15.2. The molecule has 0 saturated carbocycles. The Morgan fingerprint density at radius 3 is 3.10 bits per heavy atom. The molecule has 5 heteroatoms. The van der Waals surface area contributed by atoms with E-state index in [1.54, 1.807) is 0 Å². The summed E-state index contributed by atoms with van der Waals surface area (Å²) in [7, 11) is 0. The number of nitrogens with two attached hydrogens (primary N) is 1. The van der Waals surface area contributed by atoms with Gasteiger partial charge in [0.15, 0.2) is 0 Å². The van der Waals surface area contributed by atoms with Crippen LogP contribution in [0.3, 0.4) is 0 Å². The second kappa shape index (κ2) is 5.66. The number of anilines is 1. The van der Waals surface area contributed by atoms with Gasteiger partial charge < -0.3 is 15.7 Å². The average molecular weight is 304 g/mol. The maximum absolute atomic E-state index is 12.7. The molecule has 1 aliphatic rings. The van der Waals surface area contributed by atoms with Crippen LogP contribution in [0.5, 0.6) is 0 Å². The van der Waals surface area contributed by atoms with Crippen molar-refractivity contribution in [3.63, 3.8) is 0 Å². The number of aliphatic hydroxyl groups is 1. The molecule has 0 aliphatic carbocycles. The minimum atomic E-state index is 0.00417. The summed E-state index contributed by atoms with van der Waals surface area (Å²) in [6.45, 7) is 3.55. The molecule has 1 aromatic heterocycles. The number of hydrogen-bond donors (Lipinski definition) is 2. The number of rotatable bonds is 2. The van der Waals surface area contributed by atoms with Crippen molar-refractivity contribution >= 4 is 33.0 Å². The summed E-state index contributed by atoms with van der Waals surface area (Å²) in [5, 5.41) is 10.3. The molecular weight excluding hydrogens is 284 g/mol. The van der Waals surface area contributed by atoms with Gasteiger partial charge in [0.1, 0.15) is 4.88 Å². The number of amides is 1. The zero-order chi connectivity index (χ0) is 15.0. The van der Waals surface area contributed by atoms with Crippen molar-refractivity contribution < 1.29 is 9.90 Å². The van der Waals surface area contributed by atoms with Gasteiger partial charge >= 0.3 is 0 Å². The predicted molar refractivity (Wildman–Crippen MR) is 86.7 cm³/mol. The van der Waals surface area contributed by atoms with Crippen LogP contribution in [-0.4, -0.2) is 35.6 Å². The van der Waals surface area contributed by atoms with Crippen LogP contribution in [0, 0.1) is 12.8 Å². The van der Waals surface area contributed by atoms with Crippen LogP contribution in [0.4, 0.5) is 5.69 Å². The first kappa shape index (κ1) is 14.4. The van der Waals surface area contributed by atoms with Crippen LogP contribution < -0.4 is 5.73 Å². The molecule has 4 nitrogen and oxygen atoms in total. The van der Waals surface area contributed by atoms with E-state index < -0.39 is 0 Å². The van der Waals surface area contributed by atoms with Gasteiger partial charge in [0.05, 0.1) is 5.69 Å². The van der Waals surface area contributed by atoms with Crippen molar-refractivity contribution in [2.24, 2.45) is 5.92 Å². The second-order valence-corrected chi connectivity index (χ2v) is 6.84. The fourth-order valence-electron chi connectivity index (χ4n) is 2.93. The van der Waals surface area contributed by atoms with Crippen LogP contribution in [-0.2, 0) is 0 Å². The number of hydrogen-bond acceptors (Lipinski definition) is 4. The Balaban J connectivity index is 1.92.